The Labute approximate surface area is 99.4 Å². The van der Waals surface area contributed by atoms with Gasteiger partial charge in [0.05, 0.1) is 0 Å². The predicted molar refractivity (Wildman–Crippen MR) is 62.8 cm³/mol. The summed E-state index contributed by atoms with van der Waals surface area (Å²) in [4.78, 5) is 2.17. The third-order valence-corrected chi connectivity index (χ3v) is 2.78. The molecular formula is C12H16F2N2O. The Morgan fingerprint density at radius 2 is 2.29 bits per heavy atom. The van der Waals surface area contributed by atoms with Gasteiger partial charge in [0.15, 0.2) is 0 Å². The number of rotatable bonds is 3. The first-order valence-electron chi connectivity index (χ1n) is 5.68. The Morgan fingerprint density at radius 1 is 1.47 bits per heavy atom. The Bertz CT molecular complexity index is 373. The minimum absolute atomic E-state index is 0.212. The van der Waals surface area contributed by atoms with Crippen LogP contribution >= 0.6 is 0 Å². The van der Waals surface area contributed by atoms with Gasteiger partial charge in [-0.25, -0.2) is 0 Å². The molecule has 1 fully saturated rings. The molecule has 3 nitrogen and oxygen atoms in total. The number of benzene rings is 1. The van der Waals surface area contributed by atoms with Crippen LogP contribution < -0.4 is 15.0 Å². The summed E-state index contributed by atoms with van der Waals surface area (Å²) in [5.74, 6) is 0.212. The van der Waals surface area contributed by atoms with Crippen LogP contribution in [0.3, 0.4) is 0 Å². The van der Waals surface area contributed by atoms with Crippen molar-refractivity contribution in [2.75, 3.05) is 24.5 Å². The van der Waals surface area contributed by atoms with Gasteiger partial charge in [0, 0.05) is 37.4 Å². The largest absolute Gasteiger partial charge is 0.435 e. The van der Waals surface area contributed by atoms with Crippen molar-refractivity contribution in [3.05, 3.63) is 24.3 Å². The van der Waals surface area contributed by atoms with Crippen LogP contribution in [0.2, 0.25) is 0 Å². The number of nitrogens with zero attached hydrogens (tertiary/aromatic N) is 1. The average molecular weight is 242 g/mol. The van der Waals surface area contributed by atoms with E-state index in [0.717, 1.165) is 25.3 Å². The van der Waals surface area contributed by atoms with Gasteiger partial charge in [0.25, 0.3) is 0 Å². The van der Waals surface area contributed by atoms with Crippen molar-refractivity contribution in [3.63, 3.8) is 0 Å². The van der Waals surface area contributed by atoms with Gasteiger partial charge in [0.1, 0.15) is 5.75 Å². The molecule has 1 saturated heterocycles. The third-order valence-electron chi connectivity index (χ3n) is 2.78. The average Bonchev–Trinajstić information content (AvgIpc) is 2.28. The quantitative estimate of drug-likeness (QED) is 0.878. The second-order valence-corrected chi connectivity index (χ2v) is 4.18. The Balaban J connectivity index is 2.09. The molecule has 0 aromatic heterocycles. The highest BCUT2D eigenvalue weighted by Crippen LogP contribution is 2.23. The molecule has 5 heteroatoms. The molecule has 94 valence electrons. The number of anilines is 1. The van der Waals surface area contributed by atoms with Crippen LogP contribution in [0.15, 0.2) is 24.3 Å². The zero-order chi connectivity index (χ0) is 12.3. The predicted octanol–water partition coefficient (Wildman–Crippen LogP) is 2.09. The number of ether oxygens (including phenoxy) is 1. The molecule has 1 heterocycles. The van der Waals surface area contributed by atoms with Gasteiger partial charge in [0.2, 0.25) is 0 Å². The van der Waals surface area contributed by atoms with E-state index >= 15 is 0 Å². The maximum Gasteiger partial charge on any atom is 0.387 e. The number of hydrogen-bond donors (Lipinski definition) is 1. The summed E-state index contributed by atoms with van der Waals surface area (Å²) < 4.78 is 28.6. The van der Waals surface area contributed by atoms with Gasteiger partial charge in [-0.15, -0.1) is 0 Å². The van der Waals surface area contributed by atoms with Gasteiger partial charge < -0.3 is 15.0 Å². The fourth-order valence-corrected chi connectivity index (χ4v) is 2.02. The van der Waals surface area contributed by atoms with E-state index < -0.39 is 6.61 Å². The lowest BCUT2D eigenvalue weighted by atomic mass is 10.2. The van der Waals surface area contributed by atoms with Crippen LogP contribution in [-0.4, -0.2) is 32.3 Å². The molecule has 1 aliphatic heterocycles. The molecule has 0 bridgehead atoms. The van der Waals surface area contributed by atoms with E-state index in [1.54, 1.807) is 18.2 Å². The molecule has 0 saturated carbocycles. The zero-order valence-electron chi connectivity index (χ0n) is 9.70. The summed E-state index contributed by atoms with van der Waals surface area (Å²) in [6.07, 6.45) is 0. The van der Waals surface area contributed by atoms with E-state index in [9.17, 15) is 8.78 Å². The fourth-order valence-electron chi connectivity index (χ4n) is 2.02. The zero-order valence-corrected chi connectivity index (χ0v) is 9.70. The standard InChI is InChI=1S/C12H16F2N2O/c1-9-8-16(6-5-15-9)10-3-2-4-11(7-10)17-12(13)14/h2-4,7,9,12,15H,5-6,8H2,1H3/t9-/m1/s1. The number of halogens is 2. The third kappa shape index (κ3) is 3.30. The first kappa shape index (κ1) is 12.1. The summed E-state index contributed by atoms with van der Waals surface area (Å²) in [5, 5.41) is 3.34. The Kier molecular flexibility index (Phi) is 3.78. The van der Waals surface area contributed by atoms with Crippen LogP contribution in [-0.2, 0) is 0 Å². The highest BCUT2D eigenvalue weighted by molar-refractivity contribution is 5.51. The first-order chi connectivity index (χ1) is 8.15. The molecule has 1 N–H and O–H groups in total. The minimum Gasteiger partial charge on any atom is -0.435 e. The summed E-state index contributed by atoms with van der Waals surface area (Å²) in [7, 11) is 0. The molecule has 0 unspecified atom stereocenters. The van der Waals surface area contributed by atoms with Crippen LogP contribution in [0.4, 0.5) is 14.5 Å². The van der Waals surface area contributed by atoms with Gasteiger partial charge in [-0.05, 0) is 19.1 Å². The number of piperazine rings is 1. The van der Waals surface area contributed by atoms with E-state index in [4.69, 9.17) is 0 Å². The Hall–Kier alpha value is -1.36. The molecule has 1 aliphatic rings. The second-order valence-electron chi connectivity index (χ2n) is 4.18. The van der Waals surface area contributed by atoms with Crippen LogP contribution in [0.1, 0.15) is 6.92 Å². The van der Waals surface area contributed by atoms with Gasteiger partial charge in [-0.1, -0.05) is 6.07 Å². The van der Waals surface area contributed by atoms with Crippen molar-refractivity contribution >= 4 is 5.69 Å². The lowest BCUT2D eigenvalue weighted by Crippen LogP contribution is -2.49. The maximum absolute atomic E-state index is 12.1. The van der Waals surface area contributed by atoms with E-state index in [-0.39, 0.29) is 5.75 Å². The highest BCUT2D eigenvalue weighted by Gasteiger charge is 2.16. The van der Waals surface area contributed by atoms with Crippen molar-refractivity contribution < 1.29 is 13.5 Å². The molecule has 0 spiro atoms. The van der Waals surface area contributed by atoms with Crippen LogP contribution in [0.5, 0.6) is 5.75 Å². The normalized spacial score (nSPS) is 20.7. The topological polar surface area (TPSA) is 24.5 Å². The van der Waals surface area contributed by atoms with Crippen molar-refractivity contribution in [1.29, 1.82) is 0 Å². The summed E-state index contributed by atoms with van der Waals surface area (Å²) >= 11 is 0. The molecule has 2 rings (SSSR count). The molecule has 17 heavy (non-hydrogen) atoms. The number of alkyl halides is 2. The monoisotopic (exact) mass is 242 g/mol. The van der Waals surface area contributed by atoms with Gasteiger partial charge >= 0.3 is 6.61 Å². The highest BCUT2D eigenvalue weighted by atomic mass is 19.3. The molecule has 0 aliphatic carbocycles. The lowest BCUT2D eigenvalue weighted by molar-refractivity contribution is -0.0498. The SMILES string of the molecule is C[C@@H]1CN(c2cccc(OC(F)F)c2)CCN1. The van der Waals surface area contributed by atoms with Gasteiger partial charge in [-0.2, -0.15) is 8.78 Å². The van der Waals surface area contributed by atoms with Crippen LogP contribution in [0, 0.1) is 0 Å². The molecule has 0 amide bonds. The van der Waals surface area contributed by atoms with Crippen molar-refractivity contribution in [2.45, 2.75) is 19.6 Å². The lowest BCUT2D eigenvalue weighted by Gasteiger charge is -2.33. The summed E-state index contributed by atoms with van der Waals surface area (Å²) in [5.41, 5.74) is 0.927. The van der Waals surface area contributed by atoms with Gasteiger partial charge in [-0.3, -0.25) is 0 Å². The van der Waals surface area contributed by atoms with Crippen molar-refractivity contribution in [1.82, 2.24) is 5.32 Å². The van der Waals surface area contributed by atoms with E-state index in [1.807, 2.05) is 6.07 Å². The fraction of sp³-hybridized carbons (Fsp3) is 0.500. The van der Waals surface area contributed by atoms with Crippen LogP contribution in [0.25, 0.3) is 0 Å². The first-order valence-corrected chi connectivity index (χ1v) is 5.68. The van der Waals surface area contributed by atoms with E-state index in [0.29, 0.717) is 6.04 Å². The number of hydrogen-bond acceptors (Lipinski definition) is 3. The Morgan fingerprint density at radius 3 is 3.00 bits per heavy atom. The van der Waals surface area contributed by atoms with Crippen molar-refractivity contribution in [2.24, 2.45) is 0 Å². The minimum atomic E-state index is -2.77. The smallest absolute Gasteiger partial charge is 0.387 e. The van der Waals surface area contributed by atoms with Crippen molar-refractivity contribution in [3.8, 4) is 5.75 Å². The molecule has 1 atom stereocenters. The molecule has 0 radical (unpaired) electrons. The van der Waals surface area contributed by atoms with E-state index in [1.165, 1.54) is 0 Å². The summed E-state index contributed by atoms with van der Waals surface area (Å²) in [6.45, 7) is 1.99. The molecular weight excluding hydrogens is 226 g/mol. The summed E-state index contributed by atoms with van der Waals surface area (Å²) in [6, 6.07) is 7.25. The second kappa shape index (κ2) is 5.31. The molecule has 1 aromatic carbocycles. The molecule has 1 aromatic rings. The van der Waals surface area contributed by atoms with E-state index in [2.05, 4.69) is 21.9 Å². The number of nitrogens with one attached hydrogen (secondary N) is 1. The maximum atomic E-state index is 12.1.